The van der Waals surface area contributed by atoms with Crippen molar-refractivity contribution in [3.8, 4) is 0 Å². The van der Waals surface area contributed by atoms with Gasteiger partial charge in [0.1, 0.15) is 0 Å². The zero-order valence-corrected chi connectivity index (χ0v) is 9.42. The van der Waals surface area contributed by atoms with E-state index in [0.29, 0.717) is 0 Å². The molecular formula is C10H14I-. The van der Waals surface area contributed by atoms with E-state index in [4.69, 9.17) is 0 Å². The molecule has 1 aromatic rings. The molecule has 0 bridgehead atoms. The summed E-state index contributed by atoms with van der Waals surface area (Å²) in [5.41, 5.74) is 1.36. The van der Waals surface area contributed by atoms with Gasteiger partial charge < -0.3 is 0 Å². The summed E-state index contributed by atoms with van der Waals surface area (Å²) < 4.78 is 2.43. The van der Waals surface area contributed by atoms with Crippen LogP contribution in [0.3, 0.4) is 0 Å². The van der Waals surface area contributed by atoms with Crippen LogP contribution >= 0.6 is 0 Å². The maximum absolute atomic E-state index is 2.30. The Balaban J connectivity index is 2.66. The second-order valence-corrected chi connectivity index (χ2v) is 7.28. The van der Waals surface area contributed by atoms with Crippen LogP contribution in [0.5, 0.6) is 0 Å². The molecule has 0 radical (unpaired) electrons. The normalized spacial score (nSPS) is 10.9. The summed E-state index contributed by atoms with van der Waals surface area (Å²) in [6.07, 6.45) is 0. The molecule has 0 unspecified atom stereocenters. The van der Waals surface area contributed by atoms with Crippen LogP contribution < -0.4 is 21.2 Å². The minimum absolute atomic E-state index is 0.254. The molecule has 1 aromatic carbocycles. The van der Waals surface area contributed by atoms with Gasteiger partial charge in [-0.15, -0.1) is 0 Å². The molecule has 0 nitrogen and oxygen atoms in total. The summed E-state index contributed by atoms with van der Waals surface area (Å²) in [6.45, 7) is 6.73. The van der Waals surface area contributed by atoms with Gasteiger partial charge in [-0.05, 0) is 0 Å². The first kappa shape index (κ1) is 9.04. The Labute approximate surface area is 79.3 Å². The fraction of sp³-hybridized carbons (Fsp3) is 0.400. The van der Waals surface area contributed by atoms with E-state index in [1.807, 2.05) is 0 Å². The van der Waals surface area contributed by atoms with Crippen molar-refractivity contribution in [2.24, 2.45) is 0 Å². The van der Waals surface area contributed by atoms with Gasteiger partial charge in [0.15, 0.2) is 0 Å². The van der Waals surface area contributed by atoms with Crippen LogP contribution in [-0.2, 0) is 0 Å². The summed E-state index contributed by atoms with van der Waals surface area (Å²) in [5.74, 6) is 0. The molecule has 0 atom stereocenters. The molecule has 0 saturated carbocycles. The molecule has 0 aliphatic rings. The summed E-state index contributed by atoms with van der Waals surface area (Å²) in [6, 6.07) is 8.94. The summed E-state index contributed by atoms with van der Waals surface area (Å²) in [4.78, 5) is 0. The molecule has 0 N–H and O–H groups in total. The quantitative estimate of drug-likeness (QED) is 0.505. The Morgan fingerprint density at radius 1 is 1.09 bits per heavy atom. The molecule has 0 aliphatic heterocycles. The molecule has 1 rings (SSSR count). The molecule has 11 heavy (non-hydrogen) atoms. The summed E-state index contributed by atoms with van der Waals surface area (Å²) >= 11 is 0.254. The third-order valence-corrected chi connectivity index (χ3v) is 4.04. The monoisotopic (exact) mass is 261 g/mol. The van der Waals surface area contributed by atoms with E-state index < -0.39 is 0 Å². The van der Waals surface area contributed by atoms with Gasteiger partial charge in [-0.1, -0.05) is 0 Å². The zero-order valence-electron chi connectivity index (χ0n) is 7.26. The van der Waals surface area contributed by atoms with Crippen molar-refractivity contribution in [2.45, 2.75) is 24.7 Å². The Bertz CT molecular complexity index is 211. The number of rotatable bonds is 2. The van der Waals surface area contributed by atoms with E-state index in [0.717, 1.165) is 3.92 Å². The molecule has 0 spiro atoms. The van der Waals surface area contributed by atoms with Crippen molar-refractivity contribution in [3.63, 3.8) is 0 Å². The topological polar surface area (TPSA) is 0 Å². The molecule has 62 valence electrons. The van der Waals surface area contributed by atoms with Gasteiger partial charge in [-0.2, -0.15) is 0 Å². The number of benzene rings is 1. The molecule has 0 aliphatic carbocycles. The number of aryl methyl sites for hydroxylation is 1. The molecule has 0 saturated heterocycles. The fourth-order valence-corrected chi connectivity index (χ4v) is 3.07. The first-order valence-electron chi connectivity index (χ1n) is 3.88. The van der Waals surface area contributed by atoms with E-state index in [9.17, 15) is 0 Å². The van der Waals surface area contributed by atoms with Crippen LogP contribution in [0.2, 0.25) is 0 Å². The van der Waals surface area contributed by atoms with Crippen LogP contribution in [0.4, 0.5) is 0 Å². The number of hydrogen-bond donors (Lipinski definition) is 0. The van der Waals surface area contributed by atoms with Gasteiger partial charge in [-0.3, -0.25) is 0 Å². The van der Waals surface area contributed by atoms with E-state index in [1.54, 1.807) is 3.57 Å². The molecule has 0 heterocycles. The molecule has 0 aromatic heterocycles. The molecule has 1 heteroatoms. The van der Waals surface area contributed by atoms with Gasteiger partial charge in [0.05, 0.1) is 0 Å². The minimum atomic E-state index is 0.254. The third kappa shape index (κ3) is 3.23. The van der Waals surface area contributed by atoms with Crippen molar-refractivity contribution in [1.82, 2.24) is 0 Å². The standard InChI is InChI=1S/C10H14I/c1-8(2)11-10-6-4-9(3)5-7-10/h4-8H,1-3H3/q-1. The van der Waals surface area contributed by atoms with Crippen molar-refractivity contribution in [1.29, 1.82) is 0 Å². The predicted octanol–water partition coefficient (Wildman–Crippen LogP) is -0.338. The van der Waals surface area contributed by atoms with Crippen molar-refractivity contribution in [3.05, 3.63) is 33.4 Å². The number of hydrogen-bond acceptors (Lipinski definition) is 0. The van der Waals surface area contributed by atoms with Gasteiger partial charge in [0.25, 0.3) is 0 Å². The first-order valence-corrected chi connectivity index (χ1v) is 6.21. The Morgan fingerprint density at radius 3 is 2.09 bits per heavy atom. The van der Waals surface area contributed by atoms with Crippen molar-refractivity contribution < 1.29 is 21.2 Å². The van der Waals surface area contributed by atoms with E-state index in [1.165, 1.54) is 5.56 Å². The maximum atomic E-state index is 2.30. The van der Waals surface area contributed by atoms with E-state index in [2.05, 4.69) is 45.0 Å². The third-order valence-electron chi connectivity index (χ3n) is 1.36. The van der Waals surface area contributed by atoms with Crippen LogP contribution in [0.1, 0.15) is 19.4 Å². The molecular weight excluding hydrogens is 247 g/mol. The first-order chi connectivity index (χ1) is 5.18. The average Bonchev–Trinajstić information content (AvgIpc) is 1.93. The summed E-state index contributed by atoms with van der Waals surface area (Å²) in [5, 5.41) is 0. The predicted molar refractivity (Wildman–Crippen MR) is 45.0 cm³/mol. The van der Waals surface area contributed by atoms with Crippen molar-refractivity contribution >= 4 is 0 Å². The Kier molecular flexibility index (Phi) is 3.37. The van der Waals surface area contributed by atoms with Crippen LogP contribution in [0, 0.1) is 10.5 Å². The second-order valence-electron chi connectivity index (χ2n) is 2.92. The fourth-order valence-electron chi connectivity index (χ4n) is 0.858. The SMILES string of the molecule is Cc1ccc([I-]C(C)C)cc1. The zero-order chi connectivity index (χ0) is 8.27. The number of alkyl halides is 1. The van der Waals surface area contributed by atoms with Gasteiger partial charge in [-0.25, -0.2) is 0 Å². The van der Waals surface area contributed by atoms with Crippen molar-refractivity contribution in [2.75, 3.05) is 0 Å². The van der Waals surface area contributed by atoms with Gasteiger partial charge in [0, 0.05) is 0 Å². The molecule has 0 amide bonds. The van der Waals surface area contributed by atoms with Crippen LogP contribution in [-0.4, -0.2) is 3.92 Å². The van der Waals surface area contributed by atoms with Gasteiger partial charge >= 0.3 is 79.3 Å². The van der Waals surface area contributed by atoms with Crippen LogP contribution in [0.15, 0.2) is 24.3 Å². The van der Waals surface area contributed by atoms with E-state index >= 15 is 0 Å². The molecule has 0 fully saturated rings. The number of halogens is 1. The van der Waals surface area contributed by atoms with E-state index in [-0.39, 0.29) is 21.2 Å². The Hall–Kier alpha value is -0.0500. The Morgan fingerprint density at radius 2 is 1.64 bits per heavy atom. The summed E-state index contributed by atoms with van der Waals surface area (Å²) in [7, 11) is 0. The average molecular weight is 261 g/mol. The van der Waals surface area contributed by atoms with Crippen LogP contribution in [0.25, 0.3) is 0 Å². The second kappa shape index (κ2) is 4.10. The van der Waals surface area contributed by atoms with Gasteiger partial charge in [0.2, 0.25) is 0 Å².